The number of carbonyl (C=O) groups is 1. The highest BCUT2D eigenvalue weighted by Gasteiger charge is 2.15. The van der Waals surface area contributed by atoms with Crippen LogP contribution in [0.2, 0.25) is 0 Å². The largest absolute Gasteiger partial charge is 0.354 e. The van der Waals surface area contributed by atoms with Crippen LogP contribution in [0.3, 0.4) is 0 Å². The van der Waals surface area contributed by atoms with Crippen LogP contribution in [0.4, 0.5) is 0 Å². The Morgan fingerprint density at radius 3 is 2.45 bits per heavy atom. The standard InChI is InChI=1S/C23H28N4OS/c1-3-18(2)24-22(28)15-10-16-29-23-26-25-21(17-19-11-6-4-7-12-19)27(23)20-13-8-5-9-14-20/h4-9,11-14,18H,3,10,15-17H2,1-2H3,(H,24,28). The summed E-state index contributed by atoms with van der Waals surface area (Å²) in [7, 11) is 0. The number of hydrogen-bond donors (Lipinski definition) is 1. The van der Waals surface area contributed by atoms with Gasteiger partial charge in [0.2, 0.25) is 5.91 Å². The second-order valence-electron chi connectivity index (χ2n) is 7.06. The summed E-state index contributed by atoms with van der Waals surface area (Å²) >= 11 is 1.65. The molecule has 0 aliphatic carbocycles. The number of thioether (sulfide) groups is 1. The Morgan fingerprint density at radius 2 is 1.76 bits per heavy atom. The average Bonchev–Trinajstić information content (AvgIpc) is 3.14. The van der Waals surface area contributed by atoms with Crippen molar-refractivity contribution < 1.29 is 4.79 Å². The first-order valence-corrected chi connectivity index (χ1v) is 11.1. The molecule has 29 heavy (non-hydrogen) atoms. The maximum absolute atomic E-state index is 12.0. The zero-order chi connectivity index (χ0) is 20.5. The molecule has 0 bridgehead atoms. The molecule has 0 spiro atoms. The Balaban J connectivity index is 1.68. The minimum Gasteiger partial charge on any atom is -0.354 e. The molecular weight excluding hydrogens is 380 g/mol. The van der Waals surface area contributed by atoms with E-state index in [0.717, 1.165) is 41.7 Å². The van der Waals surface area contributed by atoms with Crippen molar-refractivity contribution in [2.45, 2.75) is 50.7 Å². The molecule has 0 saturated carbocycles. The van der Waals surface area contributed by atoms with Gasteiger partial charge in [0.05, 0.1) is 0 Å². The maximum atomic E-state index is 12.0. The van der Waals surface area contributed by atoms with E-state index in [-0.39, 0.29) is 11.9 Å². The van der Waals surface area contributed by atoms with Crippen LogP contribution in [0, 0.1) is 0 Å². The number of rotatable bonds is 10. The molecular formula is C23H28N4OS. The molecule has 1 atom stereocenters. The van der Waals surface area contributed by atoms with Crippen molar-refractivity contribution in [3.05, 3.63) is 72.1 Å². The molecule has 1 aromatic heterocycles. The van der Waals surface area contributed by atoms with E-state index in [4.69, 9.17) is 0 Å². The van der Waals surface area contributed by atoms with Crippen LogP contribution in [-0.2, 0) is 11.2 Å². The van der Waals surface area contributed by atoms with Gasteiger partial charge in [-0.25, -0.2) is 0 Å². The zero-order valence-electron chi connectivity index (χ0n) is 17.0. The second kappa shape index (κ2) is 10.8. The van der Waals surface area contributed by atoms with Gasteiger partial charge in [-0.1, -0.05) is 67.2 Å². The highest BCUT2D eigenvalue weighted by molar-refractivity contribution is 7.99. The Labute approximate surface area is 176 Å². The Morgan fingerprint density at radius 1 is 1.07 bits per heavy atom. The number of para-hydroxylation sites is 1. The molecule has 0 fully saturated rings. The van der Waals surface area contributed by atoms with Gasteiger partial charge in [0, 0.05) is 30.3 Å². The summed E-state index contributed by atoms with van der Waals surface area (Å²) in [6, 6.07) is 20.7. The minimum atomic E-state index is 0.120. The van der Waals surface area contributed by atoms with E-state index < -0.39 is 0 Å². The van der Waals surface area contributed by atoms with Crippen LogP contribution in [-0.4, -0.2) is 32.5 Å². The first kappa shape index (κ1) is 21.1. The van der Waals surface area contributed by atoms with Gasteiger partial charge in [-0.3, -0.25) is 9.36 Å². The number of benzene rings is 2. The highest BCUT2D eigenvalue weighted by Crippen LogP contribution is 2.24. The molecule has 0 radical (unpaired) electrons. The molecule has 0 aliphatic heterocycles. The van der Waals surface area contributed by atoms with Crippen LogP contribution in [0.1, 0.15) is 44.5 Å². The van der Waals surface area contributed by atoms with Gasteiger partial charge in [-0.2, -0.15) is 0 Å². The first-order valence-electron chi connectivity index (χ1n) is 10.1. The SMILES string of the molecule is CCC(C)NC(=O)CCCSc1nnc(Cc2ccccc2)n1-c1ccccc1. The fourth-order valence-electron chi connectivity index (χ4n) is 2.97. The maximum Gasteiger partial charge on any atom is 0.220 e. The predicted molar refractivity (Wildman–Crippen MR) is 118 cm³/mol. The molecule has 1 unspecified atom stereocenters. The summed E-state index contributed by atoms with van der Waals surface area (Å²) in [5.41, 5.74) is 2.26. The summed E-state index contributed by atoms with van der Waals surface area (Å²) in [4.78, 5) is 12.0. The fourth-order valence-corrected chi connectivity index (χ4v) is 3.88. The molecule has 0 aliphatic rings. The predicted octanol–water partition coefficient (Wildman–Crippen LogP) is 4.65. The van der Waals surface area contributed by atoms with E-state index in [1.165, 1.54) is 5.56 Å². The van der Waals surface area contributed by atoms with Crippen LogP contribution >= 0.6 is 11.8 Å². The molecule has 5 nitrogen and oxygen atoms in total. The number of hydrogen-bond acceptors (Lipinski definition) is 4. The topological polar surface area (TPSA) is 59.8 Å². The van der Waals surface area contributed by atoms with Crippen molar-refractivity contribution in [1.29, 1.82) is 0 Å². The normalized spacial score (nSPS) is 11.9. The number of aromatic nitrogens is 3. The van der Waals surface area contributed by atoms with Gasteiger partial charge in [-0.05, 0) is 37.5 Å². The molecule has 2 aromatic carbocycles. The van der Waals surface area contributed by atoms with Crippen molar-refractivity contribution in [1.82, 2.24) is 20.1 Å². The highest BCUT2D eigenvalue weighted by atomic mass is 32.2. The second-order valence-corrected chi connectivity index (χ2v) is 8.12. The molecule has 6 heteroatoms. The van der Waals surface area contributed by atoms with Gasteiger partial charge in [-0.15, -0.1) is 10.2 Å². The number of amides is 1. The first-order chi connectivity index (χ1) is 14.2. The van der Waals surface area contributed by atoms with Crippen molar-refractivity contribution in [3.63, 3.8) is 0 Å². The molecule has 1 amide bonds. The van der Waals surface area contributed by atoms with Crippen molar-refractivity contribution in [2.24, 2.45) is 0 Å². The smallest absolute Gasteiger partial charge is 0.220 e. The third-order valence-electron chi connectivity index (χ3n) is 4.72. The summed E-state index contributed by atoms with van der Waals surface area (Å²) in [6.07, 6.45) is 3.02. The number of nitrogens with zero attached hydrogens (tertiary/aromatic N) is 3. The summed E-state index contributed by atoms with van der Waals surface area (Å²) in [5.74, 6) is 1.86. The molecule has 152 valence electrons. The van der Waals surface area contributed by atoms with E-state index >= 15 is 0 Å². The summed E-state index contributed by atoms with van der Waals surface area (Å²) in [6.45, 7) is 4.10. The molecule has 3 aromatic rings. The molecule has 0 saturated heterocycles. The van der Waals surface area contributed by atoms with Crippen molar-refractivity contribution in [2.75, 3.05) is 5.75 Å². The Bertz CT molecular complexity index is 896. The molecule has 1 heterocycles. The lowest BCUT2D eigenvalue weighted by Gasteiger charge is -2.11. The van der Waals surface area contributed by atoms with E-state index in [2.05, 4.69) is 51.3 Å². The Hall–Kier alpha value is -2.60. The summed E-state index contributed by atoms with van der Waals surface area (Å²) in [5, 5.41) is 12.8. The number of carbonyl (C=O) groups excluding carboxylic acids is 1. The van der Waals surface area contributed by atoms with Crippen molar-refractivity contribution in [3.8, 4) is 5.69 Å². The lowest BCUT2D eigenvalue weighted by atomic mass is 10.1. The van der Waals surface area contributed by atoms with Gasteiger partial charge in [0.15, 0.2) is 5.16 Å². The van der Waals surface area contributed by atoms with Crippen molar-refractivity contribution >= 4 is 17.7 Å². The fraction of sp³-hybridized carbons (Fsp3) is 0.348. The molecule has 3 rings (SSSR count). The average molecular weight is 409 g/mol. The third kappa shape index (κ3) is 6.19. The quantitative estimate of drug-likeness (QED) is 0.392. The monoisotopic (exact) mass is 408 g/mol. The lowest BCUT2D eigenvalue weighted by Crippen LogP contribution is -2.31. The van der Waals surface area contributed by atoms with E-state index in [9.17, 15) is 4.79 Å². The van der Waals surface area contributed by atoms with Crippen LogP contribution in [0.15, 0.2) is 65.8 Å². The van der Waals surface area contributed by atoms with Gasteiger partial charge < -0.3 is 5.32 Å². The lowest BCUT2D eigenvalue weighted by molar-refractivity contribution is -0.121. The van der Waals surface area contributed by atoms with Crippen LogP contribution in [0.5, 0.6) is 0 Å². The third-order valence-corrected chi connectivity index (χ3v) is 5.73. The Kier molecular flexibility index (Phi) is 7.87. The van der Waals surface area contributed by atoms with E-state index in [0.29, 0.717) is 6.42 Å². The molecule has 1 N–H and O–H groups in total. The van der Waals surface area contributed by atoms with E-state index in [1.807, 2.05) is 43.3 Å². The van der Waals surface area contributed by atoms with Crippen LogP contribution < -0.4 is 5.32 Å². The van der Waals surface area contributed by atoms with E-state index in [1.54, 1.807) is 11.8 Å². The van der Waals surface area contributed by atoms with Gasteiger partial charge >= 0.3 is 0 Å². The van der Waals surface area contributed by atoms with Gasteiger partial charge in [0.25, 0.3) is 0 Å². The minimum absolute atomic E-state index is 0.120. The summed E-state index contributed by atoms with van der Waals surface area (Å²) < 4.78 is 2.12. The van der Waals surface area contributed by atoms with Gasteiger partial charge in [0.1, 0.15) is 5.82 Å². The number of nitrogens with one attached hydrogen (secondary N) is 1. The van der Waals surface area contributed by atoms with Crippen LogP contribution in [0.25, 0.3) is 5.69 Å². The zero-order valence-corrected chi connectivity index (χ0v) is 17.9.